The highest BCUT2D eigenvalue weighted by Crippen LogP contribution is 2.36. The Bertz CT molecular complexity index is 682. The van der Waals surface area contributed by atoms with Gasteiger partial charge < -0.3 is 9.64 Å². The van der Waals surface area contributed by atoms with Crippen molar-refractivity contribution in [2.45, 2.75) is 11.2 Å². The summed E-state index contributed by atoms with van der Waals surface area (Å²) in [5.41, 5.74) is 4.42. The van der Waals surface area contributed by atoms with Gasteiger partial charge in [-0.15, -0.1) is 0 Å². The second-order valence-electron chi connectivity index (χ2n) is 5.15. The van der Waals surface area contributed by atoms with Gasteiger partial charge in [0, 0.05) is 12.7 Å². The van der Waals surface area contributed by atoms with E-state index < -0.39 is 0 Å². The number of likely N-dealkylation sites (N-methyl/N-ethyl adjacent to an activating group) is 1. The summed E-state index contributed by atoms with van der Waals surface area (Å²) in [6.45, 7) is 0. The van der Waals surface area contributed by atoms with Gasteiger partial charge in [-0.05, 0) is 34.9 Å². The highest BCUT2D eigenvalue weighted by molar-refractivity contribution is 9.09. The Balaban J connectivity index is 1.90. The number of hydrogen-bond acceptors (Lipinski definition) is 2. The summed E-state index contributed by atoms with van der Waals surface area (Å²) < 4.78 is 5.18. The Labute approximate surface area is 132 Å². The fourth-order valence-electron chi connectivity index (χ4n) is 2.61. The third kappa shape index (κ3) is 2.56. The minimum atomic E-state index is 0.106. The smallest absolute Gasteiger partial charge is 0.231 e. The first-order valence-corrected chi connectivity index (χ1v) is 7.69. The summed E-state index contributed by atoms with van der Waals surface area (Å²) >= 11 is 3.74. The lowest BCUT2D eigenvalue weighted by Gasteiger charge is -2.14. The number of methoxy groups -OCH3 is 1. The molecule has 0 fully saturated rings. The van der Waals surface area contributed by atoms with Gasteiger partial charge in [0.05, 0.1) is 18.4 Å². The number of ether oxygens (including phenoxy) is 1. The molecule has 2 aromatic rings. The predicted molar refractivity (Wildman–Crippen MR) is 87.3 cm³/mol. The molecule has 2 aromatic carbocycles. The molecule has 0 N–H and O–H groups in total. The second-order valence-corrected chi connectivity index (χ2v) is 6.07. The van der Waals surface area contributed by atoms with Crippen LogP contribution in [0.3, 0.4) is 0 Å². The summed E-state index contributed by atoms with van der Waals surface area (Å²) in [6.07, 6.45) is 0.488. The molecule has 3 rings (SSSR count). The molecule has 21 heavy (non-hydrogen) atoms. The van der Waals surface area contributed by atoms with Crippen LogP contribution in [0, 0.1) is 0 Å². The van der Waals surface area contributed by atoms with Gasteiger partial charge in [0.25, 0.3) is 0 Å². The molecular formula is C17H16BrNO2. The number of hydrogen-bond donors (Lipinski definition) is 0. The van der Waals surface area contributed by atoms with Gasteiger partial charge in [-0.3, -0.25) is 4.79 Å². The lowest BCUT2D eigenvalue weighted by molar-refractivity contribution is -0.117. The van der Waals surface area contributed by atoms with Crippen LogP contribution in [0.15, 0.2) is 42.5 Å². The highest BCUT2D eigenvalue weighted by Gasteiger charge is 2.24. The number of carbonyl (C=O) groups excluding carboxylic acids is 1. The molecule has 1 amide bonds. The zero-order valence-corrected chi connectivity index (χ0v) is 13.6. The Morgan fingerprint density at radius 3 is 2.48 bits per heavy atom. The van der Waals surface area contributed by atoms with Crippen LogP contribution in [0.4, 0.5) is 5.69 Å². The first-order valence-electron chi connectivity index (χ1n) is 6.77. The molecule has 0 aromatic heterocycles. The Hall–Kier alpha value is -1.81. The topological polar surface area (TPSA) is 29.5 Å². The number of halogens is 1. The fraction of sp³-hybridized carbons (Fsp3) is 0.235. The van der Waals surface area contributed by atoms with E-state index in [-0.39, 0.29) is 10.7 Å². The lowest BCUT2D eigenvalue weighted by atomic mass is 10.0. The summed E-state index contributed by atoms with van der Waals surface area (Å²) in [6, 6.07) is 14.2. The van der Waals surface area contributed by atoms with Crippen LogP contribution in [0.1, 0.15) is 21.5 Å². The van der Waals surface area contributed by atoms with Crippen LogP contribution in [0.5, 0.6) is 5.75 Å². The molecule has 1 aliphatic heterocycles. The highest BCUT2D eigenvalue weighted by atomic mass is 79.9. The van der Waals surface area contributed by atoms with Crippen LogP contribution in [0.25, 0.3) is 0 Å². The predicted octanol–water partition coefficient (Wildman–Crippen LogP) is 3.70. The maximum Gasteiger partial charge on any atom is 0.231 e. The minimum absolute atomic E-state index is 0.106. The Morgan fingerprint density at radius 1 is 1.14 bits per heavy atom. The van der Waals surface area contributed by atoms with Gasteiger partial charge in [0.1, 0.15) is 5.75 Å². The maximum atomic E-state index is 11.8. The molecule has 1 unspecified atom stereocenters. The van der Waals surface area contributed by atoms with E-state index in [1.165, 1.54) is 0 Å². The molecule has 4 heteroatoms. The molecule has 0 bridgehead atoms. The van der Waals surface area contributed by atoms with E-state index in [2.05, 4.69) is 28.1 Å². The molecule has 0 aliphatic carbocycles. The third-order valence-corrected chi connectivity index (χ3v) is 4.94. The van der Waals surface area contributed by atoms with E-state index in [1.807, 2.05) is 37.4 Å². The molecule has 1 aliphatic rings. The molecule has 108 valence electrons. The van der Waals surface area contributed by atoms with Gasteiger partial charge >= 0.3 is 0 Å². The van der Waals surface area contributed by atoms with Gasteiger partial charge in [-0.1, -0.05) is 40.2 Å². The normalized spacial score (nSPS) is 15.0. The number of benzene rings is 2. The molecule has 1 atom stereocenters. The summed E-state index contributed by atoms with van der Waals surface area (Å²) in [4.78, 5) is 13.6. The largest absolute Gasteiger partial charge is 0.497 e. The monoisotopic (exact) mass is 345 g/mol. The van der Waals surface area contributed by atoms with Crippen LogP contribution in [-0.2, 0) is 11.2 Å². The van der Waals surface area contributed by atoms with Crippen molar-refractivity contribution < 1.29 is 9.53 Å². The van der Waals surface area contributed by atoms with Gasteiger partial charge in [0.15, 0.2) is 0 Å². The van der Waals surface area contributed by atoms with Crippen molar-refractivity contribution in [1.82, 2.24) is 0 Å². The first kappa shape index (κ1) is 14.1. The number of rotatable bonds is 3. The maximum absolute atomic E-state index is 11.8. The number of fused-ring (bicyclic) bond motifs is 1. The minimum Gasteiger partial charge on any atom is -0.497 e. The average Bonchev–Trinajstić information content (AvgIpc) is 2.81. The third-order valence-electron chi connectivity index (χ3n) is 3.88. The van der Waals surface area contributed by atoms with Crippen molar-refractivity contribution in [3.05, 3.63) is 59.2 Å². The van der Waals surface area contributed by atoms with E-state index in [0.29, 0.717) is 6.42 Å². The molecular weight excluding hydrogens is 330 g/mol. The summed E-state index contributed by atoms with van der Waals surface area (Å²) in [7, 11) is 3.48. The van der Waals surface area contributed by atoms with Crippen LogP contribution in [-0.4, -0.2) is 20.1 Å². The average molecular weight is 346 g/mol. The molecule has 0 spiro atoms. The summed E-state index contributed by atoms with van der Waals surface area (Å²) in [5, 5.41) is 0. The zero-order valence-electron chi connectivity index (χ0n) is 12.0. The number of nitrogens with zero attached hydrogens (tertiary/aromatic N) is 1. The van der Waals surface area contributed by atoms with Crippen molar-refractivity contribution in [2.24, 2.45) is 0 Å². The van der Waals surface area contributed by atoms with Crippen molar-refractivity contribution in [3.63, 3.8) is 0 Å². The molecule has 0 saturated heterocycles. The van der Waals surface area contributed by atoms with Crippen LogP contribution >= 0.6 is 15.9 Å². The Kier molecular flexibility index (Phi) is 3.72. The van der Waals surface area contributed by atoms with E-state index in [4.69, 9.17) is 4.74 Å². The molecule has 1 heterocycles. The van der Waals surface area contributed by atoms with Crippen LogP contribution in [0.2, 0.25) is 0 Å². The lowest BCUT2D eigenvalue weighted by Crippen LogP contribution is -2.20. The number of carbonyl (C=O) groups is 1. The zero-order chi connectivity index (χ0) is 15.0. The van der Waals surface area contributed by atoms with Crippen molar-refractivity contribution in [1.29, 1.82) is 0 Å². The Morgan fingerprint density at radius 2 is 1.81 bits per heavy atom. The van der Waals surface area contributed by atoms with Crippen molar-refractivity contribution in [3.8, 4) is 5.75 Å². The van der Waals surface area contributed by atoms with E-state index in [0.717, 1.165) is 28.1 Å². The van der Waals surface area contributed by atoms with E-state index in [1.54, 1.807) is 12.0 Å². The second kappa shape index (κ2) is 5.53. The SMILES string of the molecule is COc1ccc(C(Br)c2ccc3c(c2)CC(=O)N3C)cc1. The van der Waals surface area contributed by atoms with Crippen LogP contribution < -0.4 is 9.64 Å². The fourth-order valence-corrected chi connectivity index (χ4v) is 3.20. The van der Waals surface area contributed by atoms with Crippen molar-refractivity contribution >= 4 is 27.5 Å². The number of anilines is 1. The standard InChI is InChI=1S/C17H16BrNO2/c1-19-15-8-5-12(9-13(15)10-16(19)20)17(18)11-3-6-14(21-2)7-4-11/h3-9,17H,10H2,1-2H3. The van der Waals surface area contributed by atoms with Gasteiger partial charge in [-0.25, -0.2) is 0 Å². The molecule has 0 saturated carbocycles. The van der Waals surface area contributed by atoms with Gasteiger partial charge in [0.2, 0.25) is 5.91 Å². The number of alkyl halides is 1. The number of amides is 1. The van der Waals surface area contributed by atoms with Gasteiger partial charge in [-0.2, -0.15) is 0 Å². The molecule has 3 nitrogen and oxygen atoms in total. The van der Waals surface area contributed by atoms with E-state index >= 15 is 0 Å². The van der Waals surface area contributed by atoms with E-state index in [9.17, 15) is 4.79 Å². The first-order chi connectivity index (χ1) is 10.1. The quantitative estimate of drug-likeness (QED) is 0.794. The van der Waals surface area contributed by atoms with Crippen molar-refractivity contribution in [2.75, 3.05) is 19.1 Å². The molecule has 0 radical (unpaired) electrons. The summed E-state index contributed by atoms with van der Waals surface area (Å²) in [5.74, 6) is 0.998.